The maximum atomic E-state index is 11.5. The van der Waals surface area contributed by atoms with E-state index in [1.807, 2.05) is 11.3 Å². The number of rotatable bonds is 6. The minimum atomic E-state index is -0.0318. The highest BCUT2D eigenvalue weighted by Crippen LogP contribution is 2.27. The summed E-state index contributed by atoms with van der Waals surface area (Å²) in [5.41, 5.74) is 1.30. The third kappa shape index (κ3) is 4.09. The molecule has 0 aliphatic carbocycles. The normalized spacial score (nSPS) is 19.7. The lowest BCUT2D eigenvalue weighted by molar-refractivity contribution is -0.126. The number of likely N-dealkylation sites (tertiary alicyclic amines) is 1. The predicted molar refractivity (Wildman–Crippen MR) is 90.4 cm³/mol. The molecule has 0 spiro atoms. The van der Waals surface area contributed by atoms with E-state index in [4.69, 9.17) is 9.72 Å². The molecule has 0 saturated carbocycles. The average molecular weight is 338 g/mol. The molecule has 1 fully saturated rings. The Labute approximate surface area is 141 Å². The molecule has 2 aliphatic heterocycles. The summed E-state index contributed by atoms with van der Waals surface area (Å²) < 4.78 is 4.83. The second-order valence-corrected chi connectivity index (χ2v) is 7.85. The SMILES string of the molecule is COCC(=O)NC1CN(Cc2nc3c(s2)CN(C(C)C)CC3)C1. The molecule has 1 aromatic heterocycles. The Kier molecular flexibility index (Phi) is 5.31. The average Bonchev–Trinajstić information content (AvgIpc) is 2.86. The van der Waals surface area contributed by atoms with Gasteiger partial charge in [-0.15, -0.1) is 11.3 Å². The molecule has 1 amide bonds. The molecule has 0 radical (unpaired) electrons. The van der Waals surface area contributed by atoms with Crippen molar-refractivity contribution in [2.45, 2.75) is 45.4 Å². The quantitative estimate of drug-likeness (QED) is 0.834. The van der Waals surface area contributed by atoms with Crippen LogP contribution in [0.1, 0.15) is 29.4 Å². The van der Waals surface area contributed by atoms with Crippen molar-refractivity contribution >= 4 is 17.2 Å². The van der Waals surface area contributed by atoms with Gasteiger partial charge in [0.2, 0.25) is 5.91 Å². The number of aromatic nitrogens is 1. The second-order valence-electron chi connectivity index (χ2n) is 6.68. The third-order valence-corrected chi connectivity index (χ3v) is 5.56. The molecular weight excluding hydrogens is 312 g/mol. The summed E-state index contributed by atoms with van der Waals surface area (Å²) >= 11 is 1.86. The van der Waals surface area contributed by atoms with E-state index in [1.54, 1.807) is 0 Å². The summed E-state index contributed by atoms with van der Waals surface area (Å²) in [7, 11) is 1.54. The minimum absolute atomic E-state index is 0.0318. The maximum absolute atomic E-state index is 11.5. The van der Waals surface area contributed by atoms with Crippen molar-refractivity contribution in [2.24, 2.45) is 0 Å². The van der Waals surface area contributed by atoms with Gasteiger partial charge in [-0.05, 0) is 13.8 Å². The summed E-state index contributed by atoms with van der Waals surface area (Å²) in [5, 5.41) is 4.18. The number of methoxy groups -OCH3 is 1. The van der Waals surface area contributed by atoms with E-state index in [0.29, 0.717) is 6.04 Å². The van der Waals surface area contributed by atoms with E-state index in [-0.39, 0.29) is 18.6 Å². The Morgan fingerprint density at radius 3 is 2.96 bits per heavy atom. The fourth-order valence-corrected chi connectivity index (χ4v) is 4.34. The Balaban J connectivity index is 1.47. The second kappa shape index (κ2) is 7.25. The van der Waals surface area contributed by atoms with Gasteiger partial charge in [0.15, 0.2) is 0 Å². The van der Waals surface area contributed by atoms with Crippen molar-refractivity contribution in [3.05, 3.63) is 15.6 Å². The molecule has 0 atom stereocenters. The monoisotopic (exact) mass is 338 g/mol. The Morgan fingerprint density at radius 1 is 1.48 bits per heavy atom. The number of carbonyl (C=O) groups excluding carboxylic acids is 1. The first-order valence-corrected chi connectivity index (χ1v) is 9.09. The van der Waals surface area contributed by atoms with Crippen LogP contribution in [-0.2, 0) is 29.0 Å². The highest BCUT2D eigenvalue weighted by atomic mass is 32.1. The van der Waals surface area contributed by atoms with Gasteiger partial charge in [0.05, 0.1) is 18.3 Å². The number of carbonyl (C=O) groups is 1. The van der Waals surface area contributed by atoms with Crippen molar-refractivity contribution in [1.82, 2.24) is 20.1 Å². The Morgan fingerprint density at radius 2 is 2.26 bits per heavy atom. The lowest BCUT2D eigenvalue weighted by Crippen LogP contribution is -2.59. The van der Waals surface area contributed by atoms with Crippen molar-refractivity contribution in [1.29, 1.82) is 0 Å². The molecular formula is C16H26N4O2S. The van der Waals surface area contributed by atoms with Crippen LogP contribution >= 0.6 is 11.3 Å². The van der Waals surface area contributed by atoms with Gasteiger partial charge in [0, 0.05) is 50.6 Å². The van der Waals surface area contributed by atoms with Gasteiger partial charge >= 0.3 is 0 Å². The topological polar surface area (TPSA) is 57.7 Å². The maximum Gasteiger partial charge on any atom is 0.246 e. The number of nitrogens with one attached hydrogen (secondary N) is 1. The molecule has 1 N–H and O–H groups in total. The first-order valence-electron chi connectivity index (χ1n) is 8.27. The van der Waals surface area contributed by atoms with E-state index in [9.17, 15) is 4.79 Å². The fourth-order valence-electron chi connectivity index (χ4n) is 3.16. The molecule has 3 heterocycles. The predicted octanol–water partition coefficient (Wildman–Crippen LogP) is 0.856. The van der Waals surface area contributed by atoms with E-state index in [1.165, 1.54) is 22.7 Å². The smallest absolute Gasteiger partial charge is 0.246 e. The summed E-state index contributed by atoms with van der Waals surface area (Å²) in [4.78, 5) is 22.6. The summed E-state index contributed by atoms with van der Waals surface area (Å²) in [5.74, 6) is -0.0318. The van der Waals surface area contributed by atoms with Crippen molar-refractivity contribution in [2.75, 3.05) is 33.4 Å². The van der Waals surface area contributed by atoms with Gasteiger partial charge in [0.1, 0.15) is 11.6 Å². The van der Waals surface area contributed by atoms with E-state index < -0.39 is 0 Å². The van der Waals surface area contributed by atoms with Crippen LogP contribution in [0.15, 0.2) is 0 Å². The standard InChI is InChI=1S/C16H26N4O2S/c1-11(2)20-5-4-13-14(8-20)23-16(18-13)9-19-6-12(7-19)17-15(21)10-22-3/h11-12H,4-10H2,1-3H3,(H,17,21). The van der Waals surface area contributed by atoms with Gasteiger partial charge in [-0.2, -0.15) is 0 Å². The van der Waals surface area contributed by atoms with E-state index >= 15 is 0 Å². The van der Waals surface area contributed by atoms with Crippen LogP contribution < -0.4 is 5.32 Å². The van der Waals surface area contributed by atoms with Gasteiger partial charge in [-0.3, -0.25) is 14.6 Å². The number of hydrogen-bond donors (Lipinski definition) is 1. The number of thiazole rings is 1. The van der Waals surface area contributed by atoms with Gasteiger partial charge in [0.25, 0.3) is 0 Å². The molecule has 7 heteroatoms. The van der Waals surface area contributed by atoms with Crippen LogP contribution in [-0.4, -0.2) is 66.1 Å². The number of nitrogens with zero attached hydrogens (tertiary/aromatic N) is 3. The number of hydrogen-bond acceptors (Lipinski definition) is 6. The molecule has 1 aromatic rings. The lowest BCUT2D eigenvalue weighted by Gasteiger charge is -2.38. The molecule has 128 valence electrons. The molecule has 0 aromatic carbocycles. The number of ether oxygens (including phenoxy) is 1. The molecule has 0 bridgehead atoms. The first kappa shape index (κ1) is 16.8. The van der Waals surface area contributed by atoms with Gasteiger partial charge < -0.3 is 10.1 Å². The van der Waals surface area contributed by atoms with Crippen LogP contribution in [0.3, 0.4) is 0 Å². The van der Waals surface area contributed by atoms with E-state index in [0.717, 1.165) is 39.1 Å². The third-order valence-electron chi connectivity index (χ3n) is 4.49. The van der Waals surface area contributed by atoms with Crippen LogP contribution in [0, 0.1) is 0 Å². The van der Waals surface area contributed by atoms with Crippen LogP contribution in [0.2, 0.25) is 0 Å². The molecule has 2 aliphatic rings. The molecule has 1 saturated heterocycles. The highest BCUT2D eigenvalue weighted by Gasteiger charge is 2.29. The molecule has 0 unspecified atom stereocenters. The largest absolute Gasteiger partial charge is 0.375 e. The Hall–Kier alpha value is -1.02. The van der Waals surface area contributed by atoms with Crippen molar-refractivity contribution < 1.29 is 9.53 Å². The highest BCUT2D eigenvalue weighted by molar-refractivity contribution is 7.11. The van der Waals surface area contributed by atoms with Crippen molar-refractivity contribution in [3.63, 3.8) is 0 Å². The lowest BCUT2D eigenvalue weighted by atomic mass is 10.1. The van der Waals surface area contributed by atoms with Crippen LogP contribution in [0.5, 0.6) is 0 Å². The minimum Gasteiger partial charge on any atom is -0.375 e. The molecule has 23 heavy (non-hydrogen) atoms. The zero-order valence-corrected chi connectivity index (χ0v) is 15.0. The molecule has 6 nitrogen and oxygen atoms in total. The Bertz CT molecular complexity index is 554. The van der Waals surface area contributed by atoms with Gasteiger partial charge in [-0.25, -0.2) is 4.98 Å². The zero-order chi connectivity index (χ0) is 16.4. The summed E-state index contributed by atoms with van der Waals surface area (Å²) in [6.45, 7) is 9.51. The number of amides is 1. The zero-order valence-electron chi connectivity index (χ0n) is 14.2. The fraction of sp³-hybridized carbons (Fsp3) is 0.750. The summed E-state index contributed by atoms with van der Waals surface area (Å²) in [6.07, 6.45) is 1.07. The van der Waals surface area contributed by atoms with Crippen LogP contribution in [0.4, 0.5) is 0 Å². The van der Waals surface area contributed by atoms with E-state index in [2.05, 4.69) is 29.0 Å². The first-order chi connectivity index (χ1) is 11.0. The van der Waals surface area contributed by atoms with Crippen molar-refractivity contribution in [3.8, 4) is 0 Å². The number of fused-ring (bicyclic) bond motifs is 1. The van der Waals surface area contributed by atoms with Crippen LogP contribution in [0.25, 0.3) is 0 Å². The van der Waals surface area contributed by atoms with Gasteiger partial charge in [-0.1, -0.05) is 0 Å². The molecule has 3 rings (SSSR count). The summed E-state index contributed by atoms with van der Waals surface area (Å²) in [6, 6.07) is 0.851.